The van der Waals surface area contributed by atoms with Crippen molar-refractivity contribution in [1.29, 1.82) is 0 Å². The second-order valence-electron chi connectivity index (χ2n) is 11.4. The number of nitrogens with zero attached hydrogens (tertiary/aromatic N) is 3. The van der Waals surface area contributed by atoms with E-state index in [1.54, 1.807) is 54.5 Å². The predicted octanol–water partition coefficient (Wildman–Crippen LogP) is 4.23. The van der Waals surface area contributed by atoms with Gasteiger partial charge in [-0.1, -0.05) is 25.1 Å². The first kappa shape index (κ1) is 29.1. The molecule has 0 bridgehead atoms. The molecule has 2 aromatic carbocycles. The third kappa shape index (κ3) is 4.89. The van der Waals surface area contributed by atoms with Crippen LogP contribution in [-0.2, 0) is 24.7 Å². The van der Waals surface area contributed by atoms with Crippen molar-refractivity contribution in [3.05, 3.63) is 64.6 Å². The summed E-state index contributed by atoms with van der Waals surface area (Å²) in [6, 6.07) is 12.5. The maximum Gasteiger partial charge on any atom is 0.305 e. The molecule has 0 radical (unpaired) electrons. The fourth-order valence-corrected chi connectivity index (χ4v) is 9.24. The van der Waals surface area contributed by atoms with E-state index in [1.807, 2.05) is 19.1 Å². The Balaban J connectivity index is 1.62. The number of aromatic nitrogens is 2. The molecule has 1 spiro atoms. The van der Waals surface area contributed by atoms with Crippen molar-refractivity contribution >= 4 is 36.7 Å². The first-order valence-corrected chi connectivity index (χ1v) is 17.0. The van der Waals surface area contributed by atoms with E-state index in [-0.39, 0.29) is 36.9 Å². The zero-order valence-electron chi connectivity index (χ0n) is 23.8. The Hall–Kier alpha value is -3.41. The maximum atomic E-state index is 15.8. The Morgan fingerprint density at radius 2 is 1.95 bits per heavy atom. The molecule has 5 rings (SSSR count). The van der Waals surface area contributed by atoms with Gasteiger partial charge in [-0.05, 0) is 56.6 Å². The van der Waals surface area contributed by atoms with Crippen LogP contribution < -0.4 is 10.5 Å². The highest BCUT2D eigenvalue weighted by Crippen LogP contribution is 2.60. The van der Waals surface area contributed by atoms with Gasteiger partial charge in [0.2, 0.25) is 8.41 Å². The number of carbonyl (C=O) groups is 2. The van der Waals surface area contributed by atoms with Gasteiger partial charge in [-0.25, -0.2) is 0 Å². The van der Waals surface area contributed by atoms with E-state index in [9.17, 15) is 19.5 Å². The molecule has 3 aromatic rings. The van der Waals surface area contributed by atoms with Crippen LogP contribution in [0.25, 0.3) is 16.5 Å². The molecule has 9 nitrogen and oxygen atoms in total. The van der Waals surface area contributed by atoms with Crippen LogP contribution in [0.3, 0.4) is 0 Å². The van der Waals surface area contributed by atoms with Crippen LogP contribution >= 0.6 is 0 Å². The first-order valence-electron chi connectivity index (χ1n) is 14.0. The summed E-state index contributed by atoms with van der Waals surface area (Å²) in [4.78, 5) is 41.0. The molecule has 11 heteroatoms. The average molecular weight is 582 g/mol. The van der Waals surface area contributed by atoms with E-state index in [0.29, 0.717) is 41.7 Å². The molecule has 0 unspecified atom stereocenters. The smallest absolute Gasteiger partial charge is 0.305 e. The minimum Gasteiger partial charge on any atom is -0.469 e. The Morgan fingerprint density at radius 3 is 2.66 bits per heavy atom. The Labute approximate surface area is 239 Å². The lowest BCUT2D eigenvalue weighted by molar-refractivity contribution is -0.146. The number of esters is 1. The van der Waals surface area contributed by atoms with Gasteiger partial charge in [0.05, 0.1) is 36.2 Å². The van der Waals surface area contributed by atoms with Crippen LogP contribution in [0, 0.1) is 5.92 Å². The van der Waals surface area contributed by atoms with Crippen LogP contribution in [0.5, 0.6) is 0 Å². The zero-order chi connectivity index (χ0) is 29.5. The number of methoxy groups -OCH3 is 1. The number of carbonyl (C=O) groups excluding carboxylic acids is 2. The number of aliphatic hydroxyl groups is 1. The molecule has 0 aliphatic carbocycles. The summed E-state index contributed by atoms with van der Waals surface area (Å²) >= 11 is 0. The highest BCUT2D eigenvalue weighted by Gasteiger charge is 2.66. The summed E-state index contributed by atoms with van der Waals surface area (Å²) in [6.45, 7) is 5.22. The van der Waals surface area contributed by atoms with Gasteiger partial charge in [0.15, 0.2) is 5.60 Å². The monoisotopic (exact) mass is 581 g/mol. The fourth-order valence-electron chi connectivity index (χ4n) is 6.70. The first-order chi connectivity index (χ1) is 19.5. The van der Waals surface area contributed by atoms with Crippen molar-refractivity contribution in [3.63, 3.8) is 0 Å². The van der Waals surface area contributed by atoms with Gasteiger partial charge in [-0.2, -0.15) is 9.78 Å². The molecule has 3 heterocycles. The van der Waals surface area contributed by atoms with Crippen LogP contribution in [-0.4, -0.2) is 61.5 Å². The van der Waals surface area contributed by atoms with Crippen molar-refractivity contribution < 1.29 is 28.3 Å². The summed E-state index contributed by atoms with van der Waals surface area (Å²) < 4.78 is 28.4. The summed E-state index contributed by atoms with van der Waals surface area (Å²) in [6.07, 6.45) is 2.51. The number of halogens is 1. The zero-order valence-corrected chi connectivity index (χ0v) is 24.8. The van der Waals surface area contributed by atoms with Gasteiger partial charge in [0.1, 0.15) is 0 Å². The third-order valence-corrected chi connectivity index (χ3v) is 11.0. The topological polar surface area (TPSA) is 111 Å². The fraction of sp³-hybridized carbons (Fsp3) is 0.467. The van der Waals surface area contributed by atoms with E-state index < -0.39 is 31.6 Å². The summed E-state index contributed by atoms with van der Waals surface area (Å²) in [5.41, 5.74) is -0.653. The molecule has 4 atom stereocenters. The van der Waals surface area contributed by atoms with Gasteiger partial charge < -0.3 is 23.6 Å². The number of hydrogen-bond donors (Lipinski definition) is 1. The average Bonchev–Trinajstić information content (AvgIpc) is 3.37. The molecule has 2 aliphatic heterocycles. The van der Waals surface area contributed by atoms with Crippen LogP contribution in [0.4, 0.5) is 9.80 Å². The molecule has 0 saturated carbocycles. The van der Waals surface area contributed by atoms with Crippen LogP contribution in [0.2, 0.25) is 18.6 Å². The minimum atomic E-state index is -3.34. The third-order valence-electron chi connectivity index (χ3n) is 8.54. The normalized spacial score (nSPS) is 23.9. The minimum absolute atomic E-state index is 0.191. The molecule has 41 heavy (non-hydrogen) atoms. The van der Waals surface area contributed by atoms with Gasteiger partial charge in [0, 0.05) is 42.0 Å². The number of ether oxygens (including phenoxy) is 2. The van der Waals surface area contributed by atoms with E-state index in [0.717, 1.165) is 5.39 Å². The highest BCUT2D eigenvalue weighted by molar-refractivity contribution is 6.72. The van der Waals surface area contributed by atoms with E-state index in [1.165, 1.54) is 11.8 Å². The van der Waals surface area contributed by atoms with Crippen molar-refractivity contribution in [2.75, 3.05) is 25.2 Å². The van der Waals surface area contributed by atoms with Crippen molar-refractivity contribution in [1.82, 2.24) is 9.78 Å². The molecular formula is C30H36FN3O6Si. The lowest BCUT2D eigenvalue weighted by Gasteiger charge is -2.31. The molecule has 1 N–H and O–H groups in total. The molecule has 1 fully saturated rings. The van der Waals surface area contributed by atoms with Crippen molar-refractivity contribution in [3.8, 4) is 5.69 Å². The van der Waals surface area contributed by atoms with Crippen molar-refractivity contribution in [2.24, 2.45) is 5.92 Å². The summed E-state index contributed by atoms with van der Waals surface area (Å²) in [5, 5.41) is 15.4. The molecule has 2 aliphatic rings. The molecule has 1 amide bonds. The number of fused-ring (bicyclic) bond motifs is 3. The van der Waals surface area contributed by atoms with Crippen LogP contribution in [0.1, 0.15) is 38.2 Å². The van der Waals surface area contributed by atoms with E-state index in [4.69, 9.17) is 9.47 Å². The lowest BCUT2D eigenvalue weighted by atomic mass is 9.82. The van der Waals surface area contributed by atoms with Gasteiger partial charge in [-0.15, -0.1) is 0 Å². The summed E-state index contributed by atoms with van der Waals surface area (Å²) in [7, 11) is -2.00. The highest BCUT2D eigenvalue weighted by atomic mass is 28.4. The van der Waals surface area contributed by atoms with Gasteiger partial charge >= 0.3 is 5.97 Å². The Morgan fingerprint density at radius 1 is 1.20 bits per heavy atom. The second-order valence-corrected chi connectivity index (χ2v) is 15.2. The largest absolute Gasteiger partial charge is 0.469 e. The number of amides is 1. The Bertz CT molecular complexity index is 1540. The maximum absolute atomic E-state index is 15.8. The van der Waals surface area contributed by atoms with Crippen LogP contribution in [0.15, 0.2) is 53.5 Å². The predicted molar refractivity (Wildman–Crippen MR) is 155 cm³/mol. The number of anilines is 1. The Kier molecular flexibility index (Phi) is 7.88. The SMILES string of the molecule is COC(=O)CCCCN1C(=O)[C@@]2(O[C@@H](CCO)[C@H]([Si](C)(C)F)[C@H]2C)c2cc(-n3ncc4ccccc4c3=O)ccc21. The lowest BCUT2D eigenvalue weighted by Crippen LogP contribution is -2.45. The second kappa shape index (κ2) is 11.1. The van der Waals surface area contributed by atoms with Gasteiger partial charge in [-0.3, -0.25) is 14.4 Å². The molecule has 1 aromatic heterocycles. The van der Waals surface area contributed by atoms with Crippen molar-refractivity contribution in [2.45, 2.75) is 62.9 Å². The van der Waals surface area contributed by atoms with E-state index >= 15 is 4.11 Å². The number of hydrogen-bond acceptors (Lipinski definition) is 7. The molecular weight excluding hydrogens is 545 g/mol. The quantitative estimate of drug-likeness (QED) is 0.174. The van der Waals surface area contributed by atoms with E-state index in [2.05, 4.69) is 5.10 Å². The number of aliphatic hydroxyl groups excluding tert-OH is 1. The number of benzene rings is 2. The number of rotatable bonds is 9. The van der Waals surface area contributed by atoms with Gasteiger partial charge in [0.25, 0.3) is 11.5 Å². The summed E-state index contributed by atoms with van der Waals surface area (Å²) in [5.74, 6) is -1.13. The number of unbranched alkanes of at least 4 members (excludes halogenated alkanes) is 1. The molecule has 1 saturated heterocycles. The standard InChI is InChI=1S/C30H36FN3O6Si/c1-19-27(41(3,4)31)25(14-16-35)40-30(19)23-17-21(34-28(37)22-10-6-5-9-20(22)18-32-34)12-13-24(23)33(29(30)38)15-8-7-11-26(36)39-2/h5-6,9-10,12-13,17-19,25,27,35H,7-8,11,14-16H2,1-4H3/t19-,25+,27-,30+/m1/s1. The molecule has 218 valence electrons.